The summed E-state index contributed by atoms with van der Waals surface area (Å²) in [5.74, 6) is 1.06. The molecular formula is C14H22N3O2+. The molecule has 1 N–H and O–H groups in total. The van der Waals surface area contributed by atoms with E-state index >= 15 is 0 Å². The average Bonchev–Trinajstić information content (AvgIpc) is 2.34. The van der Waals surface area contributed by atoms with Crippen LogP contribution in [0.1, 0.15) is 39.2 Å². The van der Waals surface area contributed by atoms with E-state index in [4.69, 9.17) is 0 Å². The van der Waals surface area contributed by atoms with Crippen molar-refractivity contribution in [1.82, 2.24) is 4.57 Å². The number of aromatic nitrogens is 2. The highest BCUT2D eigenvalue weighted by Gasteiger charge is 2.39. The molecule has 5 nitrogen and oxygen atoms in total. The van der Waals surface area contributed by atoms with Gasteiger partial charge in [-0.15, -0.1) is 0 Å². The first-order valence-corrected chi connectivity index (χ1v) is 7.06. The number of hydrogen-bond acceptors (Lipinski definition) is 3. The van der Waals surface area contributed by atoms with Gasteiger partial charge in [-0.25, -0.2) is 0 Å². The molecule has 5 heteroatoms. The van der Waals surface area contributed by atoms with Crippen LogP contribution < -0.4 is 15.0 Å². The van der Waals surface area contributed by atoms with Gasteiger partial charge in [0, 0.05) is 18.3 Å². The van der Waals surface area contributed by atoms with Crippen molar-refractivity contribution in [3.8, 4) is 5.88 Å². The molecule has 3 rings (SSSR count). The van der Waals surface area contributed by atoms with Crippen LogP contribution in [0.2, 0.25) is 0 Å². The van der Waals surface area contributed by atoms with Gasteiger partial charge in [-0.1, -0.05) is 20.8 Å². The Hall–Kier alpha value is -1.52. The minimum Gasteiger partial charge on any atom is -0.483 e. The number of nitrogens with zero attached hydrogens (tertiary/aromatic N) is 3. The second-order valence-electron chi connectivity index (χ2n) is 6.55. The maximum Gasteiger partial charge on any atom is 0.365 e. The van der Waals surface area contributed by atoms with E-state index in [0.29, 0.717) is 5.56 Å². The van der Waals surface area contributed by atoms with E-state index in [1.165, 1.54) is 0 Å². The Labute approximate surface area is 113 Å². The number of hydrogen-bond donors (Lipinski definition) is 1. The highest BCUT2D eigenvalue weighted by atomic mass is 16.3. The summed E-state index contributed by atoms with van der Waals surface area (Å²) < 4.78 is 3.77. The summed E-state index contributed by atoms with van der Waals surface area (Å²) in [4.78, 5) is 14.9. The first-order chi connectivity index (χ1) is 8.91. The standard InChI is InChI=1S/C14H21N3O2/c1-14(2,3)10-11(18)16-8-4-6-15-7-5-9-17(12(10)19)13(15)16/h4-9H2,1-3H3/p+1. The molecule has 0 saturated heterocycles. The van der Waals surface area contributed by atoms with E-state index in [0.717, 1.165) is 45.0 Å². The summed E-state index contributed by atoms with van der Waals surface area (Å²) in [7, 11) is 0. The van der Waals surface area contributed by atoms with E-state index in [2.05, 4.69) is 4.90 Å². The molecule has 3 heterocycles. The maximum absolute atomic E-state index is 12.7. The van der Waals surface area contributed by atoms with E-state index in [1.54, 1.807) is 0 Å². The monoisotopic (exact) mass is 264 g/mol. The Morgan fingerprint density at radius 2 is 1.84 bits per heavy atom. The molecule has 2 aliphatic heterocycles. The van der Waals surface area contributed by atoms with Crippen LogP contribution in [0.15, 0.2) is 4.79 Å². The van der Waals surface area contributed by atoms with E-state index in [-0.39, 0.29) is 16.9 Å². The number of rotatable bonds is 0. The van der Waals surface area contributed by atoms with Crippen molar-refractivity contribution in [2.24, 2.45) is 0 Å². The molecule has 0 spiro atoms. The van der Waals surface area contributed by atoms with E-state index in [9.17, 15) is 9.90 Å². The van der Waals surface area contributed by atoms with Gasteiger partial charge in [-0.05, 0) is 0 Å². The summed E-state index contributed by atoms with van der Waals surface area (Å²) in [6.45, 7) is 9.45. The number of anilines is 1. The van der Waals surface area contributed by atoms with Crippen molar-refractivity contribution in [2.75, 3.05) is 18.0 Å². The lowest BCUT2D eigenvalue weighted by atomic mass is 9.88. The zero-order chi connectivity index (χ0) is 13.8. The molecule has 0 unspecified atom stereocenters. The third-order valence-corrected chi connectivity index (χ3v) is 4.07. The van der Waals surface area contributed by atoms with Crippen LogP contribution in [0.25, 0.3) is 0 Å². The van der Waals surface area contributed by atoms with Crippen molar-refractivity contribution in [1.29, 1.82) is 0 Å². The Bertz CT molecular complexity index is 582. The zero-order valence-electron chi connectivity index (χ0n) is 11.9. The fraction of sp³-hybridized carbons (Fsp3) is 0.714. The van der Waals surface area contributed by atoms with Gasteiger partial charge in [-0.2, -0.15) is 9.13 Å². The van der Waals surface area contributed by atoms with E-state index in [1.807, 2.05) is 29.9 Å². The summed E-state index contributed by atoms with van der Waals surface area (Å²) >= 11 is 0. The Morgan fingerprint density at radius 1 is 1.16 bits per heavy atom. The Morgan fingerprint density at radius 3 is 2.53 bits per heavy atom. The first kappa shape index (κ1) is 12.5. The molecule has 0 aromatic carbocycles. The van der Waals surface area contributed by atoms with Crippen LogP contribution in [0.5, 0.6) is 5.88 Å². The molecule has 0 fully saturated rings. The third-order valence-electron chi connectivity index (χ3n) is 4.07. The molecule has 0 radical (unpaired) electrons. The molecule has 0 atom stereocenters. The van der Waals surface area contributed by atoms with E-state index < -0.39 is 0 Å². The predicted octanol–water partition coefficient (Wildman–Crippen LogP) is 0.753. The normalized spacial score (nSPS) is 18.4. The van der Waals surface area contributed by atoms with Gasteiger partial charge in [0.2, 0.25) is 0 Å². The predicted molar refractivity (Wildman–Crippen MR) is 72.7 cm³/mol. The van der Waals surface area contributed by atoms with Gasteiger partial charge in [0.15, 0.2) is 0 Å². The minimum absolute atomic E-state index is 0.0251. The van der Waals surface area contributed by atoms with Gasteiger partial charge in [-0.3, -0.25) is 9.69 Å². The highest BCUT2D eigenvalue weighted by molar-refractivity contribution is 5.35. The van der Waals surface area contributed by atoms with Crippen molar-refractivity contribution in [3.05, 3.63) is 15.9 Å². The van der Waals surface area contributed by atoms with Gasteiger partial charge >= 0.3 is 11.5 Å². The Kier molecular flexibility index (Phi) is 2.62. The SMILES string of the molecule is CC(C)(C)c1c(O)[n+]2c3n(c1=O)CCCN3CCC2. The first-order valence-electron chi connectivity index (χ1n) is 7.06. The zero-order valence-corrected chi connectivity index (χ0v) is 11.9. The second kappa shape index (κ2) is 3.99. The quantitative estimate of drug-likeness (QED) is 0.704. The minimum atomic E-state index is -0.341. The fourth-order valence-electron chi connectivity index (χ4n) is 3.25. The van der Waals surface area contributed by atoms with Crippen LogP contribution in [0.4, 0.5) is 5.95 Å². The van der Waals surface area contributed by atoms with Crippen LogP contribution in [-0.2, 0) is 18.5 Å². The lowest BCUT2D eigenvalue weighted by molar-refractivity contribution is -0.699. The van der Waals surface area contributed by atoms with Gasteiger partial charge in [0.05, 0.1) is 26.2 Å². The smallest absolute Gasteiger partial charge is 0.365 e. The largest absolute Gasteiger partial charge is 0.483 e. The molecule has 1 aromatic rings. The van der Waals surface area contributed by atoms with Crippen molar-refractivity contribution in [2.45, 2.75) is 52.1 Å². The molecule has 0 aliphatic carbocycles. The molecule has 104 valence electrons. The molecule has 0 saturated carbocycles. The topological polar surface area (TPSA) is 49.4 Å². The highest BCUT2D eigenvalue weighted by Crippen LogP contribution is 2.29. The van der Waals surface area contributed by atoms with Crippen molar-refractivity contribution < 1.29 is 9.67 Å². The summed E-state index contributed by atoms with van der Waals surface area (Å²) in [6.07, 6.45) is 2.02. The van der Waals surface area contributed by atoms with Gasteiger partial charge in [0.1, 0.15) is 5.56 Å². The van der Waals surface area contributed by atoms with Crippen LogP contribution in [0.3, 0.4) is 0 Å². The fourth-order valence-corrected chi connectivity index (χ4v) is 3.25. The molecule has 0 amide bonds. The molecule has 19 heavy (non-hydrogen) atoms. The summed E-state index contributed by atoms with van der Waals surface area (Å²) in [5, 5.41) is 10.5. The molecule has 1 aromatic heterocycles. The molecular weight excluding hydrogens is 242 g/mol. The second-order valence-corrected chi connectivity index (χ2v) is 6.55. The lowest BCUT2D eigenvalue weighted by Crippen LogP contribution is -2.57. The average molecular weight is 264 g/mol. The van der Waals surface area contributed by atoms with Crippen LogP contribution in [-0.4, -0.2) is 22.8 Å². The lowest BCUT2D eigenvalue weighted by Gasteiger charge is -2.32. The Balaban J connectivity index is 2.36. The van der Waals surface area contributed by atoms with Crippen LogP contribution in [0, 0.1) is 0 Å². The number of aromatic hydroxyl groups is 1. The van der Waals surface area contributed by atoms with Crippen molar-refractivity contribution >= 4 is 5.95 Å². The van der Waals surface area contributed by atoms with Gasteiger partial charge < -0.3 is 5.11 Å². The summed E-state index contributed by atoms with van der Waals surface area (Å²) in [6, 6.07) is 0. The van der Waals surface area contributed by atoms with Crippen molar-refractivity contribution in [3.63, 3.8) is 0 Å². The van der Waals surface area contributed by atoms with Crippen LogP contribution >= 0.6 is 0 Å². The third kappa shape index (κ3) is 1.75. The molecule has 0 bridgehead atoms. The molecule has 2 aliphatic rings. The maximum atomic E-state index is 12.7. The summed E-state index contributed by atoms with van der Waals surface area (Å²) in [5.41, 5.74) is 0.176. The van der Waals surface area contributed by atoms with Gasteiger partial charge in [0.25, 0.3) is 5.88 Å².